The maximum Gasteiger partial charge on any atom is 0.317 e. The third-order valence-electron chi connectivity index (χ3n) is 7.32. The van der Waals surface area contributed by atoms with Gasteiger partial charge in [0, 0.05) is 71.6 Å². The number of carboxylic acid groups (broad SMARTS) is 2. The molecule has 3 fully saturated rings. The van der Waals surface area contributed by atoms with Crippen LogP contribution in [0.1, 0.15) is 38.5 Å². The molecule has 0 aromatic heterocycles. The number of esters is 1. The molecule has 208 valence electrons. The second kappa shape index (κ2) is 14.5. The smallest absolute Gasteiger partial charge is 0.317 e. The number of hydrogen-bond acceptors (Lipinski definition) is 10. The second-order valence-electron chi connectivity index (χ2n) is 10.4. The highest BCUT2D eigenvalue weighted by Gasteiger charge is 2.36. The van der Waals surface area contributed by atoms with Crippen LogP contribution in [0.15, 0.2) is 0 Å². The first-order valence-corrected chi connectivity index (χ1v) is 13.3. The van der Waals surface area contributed by atoms with Gasteiger partial charge in [-0.05, 0) is 38.3 Å². The molecule has 37 heavy (non-hydrogen) atoms. The lowest BCUT2D eigenvalue weighted by Gasteiger charge is -2.31. The van der Waals surface area contributed by atoms with Crippen molar-refractivity contribution in [3.05, 3.63) is 0 Å². The normalized spacial score (nSPS) is 27.5. The number of hydrogen-bond donors (Lipinski definition) is 2. The Hall–Kier alpha value is -2.41. The summed E-state index contributed by atoms with van der Waals surface area (Å²) in [7, 11) is 0. The second-order valence-corrected chi connectivity index (χ2v) is 10.4. The van der Waals surface area contributed by atoms with Gasteiger partial charge in [-0.15, -0.1) is 0 Å². The summed E-state index contributed by atoms with van der Waals surface area (Å²) in [5.41, 5.74) is 0. The predicted molar refractivity (Wildman–Crippen MR) is 132 cm³/mol. The van der Waals surface area contributed by atoms with Crippen molar-refractivity contribution in [3.8, 4) is 0 Å². The molecule has 0 aromatic rings. The van der Waals surface area contributed by atoms with Crippen LogP contribution in [0.2, 0.25) is 0 Å². The van der Waals surface area contributed by atoms with Crippen molar-refractivity contribution in [3.63, 3.8) is 0 Å². The maximum atomic E-state index is 12.5. The lowest BCUT2D eigenvalue weighted by molar-refractivity contribution is -0.157. The molecule has 2 atom stereocenters. The Bertz CT molecular complexity index is 782. The van der Waals surface area contributed by atoms with Gasteiger partial charge in [0.2, 0.25) is 6.10 Å². The summed E-state index contributed by atoms with van der Waals surface area (Å²) in [6, 6.07) is 0. The van der Waals surface area contributed by atoms with Gasteiger partial charge in [-0.1, -0.05) is 0 Å². The van der Waals surface area contributed by atoms with Gasteiger partial charge >= 0.3 is 17.9 Å². The van der Waals surface area contributed by atoms with E-state index in [0.29, 0.717) is 58.8 Å². The number of fused-ring (bicyclic) bond motifs is 4. The van der Waals surface area contributed by atoms with E-state index in [0.717, 1.165) is 25.9 Å². The van der Waals surface area contributed by atoms with E-state index in [4.69, 9.17) is 4.74 Å². The fraction of sp³-hybridized carbons (Fsp3) is 0.800. The molecule has 0 aromatic carbocycles. The van der Waals surface area contributed by atoms with Gasteiger partial charge < -0.3 is 24.7 Å². The molecule has 0 amide bonds. The highest BCUT2D eigenvalue weighted by Crippen LogP contribution is 2.19. The zero-order valence-corrected chi connectivity index (χ0v) is 21.5. The van der Waals surface area contributed by atoms with Crippen molar-refractivity contribution in [2.45, 2.75) is 44.6 Å². The molecule has 0 radical (unpaired) electrons. The lowest BCUT2D eigenvalue weighted by atomic mass is 10.0. The van der Waals surface area contributed by atoms with Crippen LogP contribution >= 0.6 is 0 Å². The average Bonchev–Trinajstić information content (AvgIpc) is 3.10. The van der Waals surface area contributed by atoms with Crippen LogP contribution in [-0.2, 0) is 28.7 Å². The number of Topliss-reactive ketones (excluding diaryl/α,β-unsaturated/α-hetero) is 2. The largest absolute Gasteiger partial charge is 0.480 e. The molecule has 2 N–H and O–H groups in total. The Morgan fingerprint density at radius 1 is 0.730 bits per heavy atom. The summed E-state index contributed by atoms with van der Waals surface area (Å²) in [6.45, 7) is 6.81. The van der Waals surface area contributed by atoms with Crippen LogP contribution in [-0.4, -0.2) is 144 Å². The number of carboxylic acids is 2. The molecular weight excluding hydrogens is 484 g/mol. The first-order valence-electron chi connectivity index (χ1n) is 13.3. The monoisotopic (exact) mass is 524 g/mol. The van der Waals surface area contributed by atoms with E-state index in [1.807, 2.05) is 9.80 Å². The minimum Gasteiger partial charge on any atom is -0.480 e. The third-order valence-corrected chi connectivity index (χ3v) is 7.32. The van der Waals surface area contributed by atoms with Gasteiger partial charge in [-0.2, -0.15) is 0 Å². The van der Waals surface area contributed by atoms with Crippen molar-refractivity contribution in [2.75, 3.05) is 78.5 Å². The number of carbonyl (C=O) groups is 5. The lowest BCUT2D eigenvalue weighted by Crippen LogP contribution is -2.41. The van der Waals surface area contributed by atoms with E-state index in [1.165, 1.54) is 0 Å². The standard InChI is InChI=1S/C25H40N4O8/c30-20-4-5-21(31)25(20)37-24(36)6-3-19-15-26-7-1-9-28(17-22(32)33)13-12-27(16-19)8-2-10-29(14-11-26)18-23(34)35/h19,25H,1-18H2,(H,32,33)(H,34,35). The Morgan fingerprint density at radius 3 is 1.68 bits per heavy atom. The SMILES string of the molecule is O=C(O)CN1CCCN2CCN(CC(=O)O)CCCN(CC1)CC(CCC(=O)OC1C(=O)CCC1=O)C2. The van der Waals surface area contributed by atoms with Gasteiger partial charge in [0.15, 0.2) is 11.6 Å². The van der Waals surface area contributed by atoms with Gasteiger partial charge in [-0.3, -0.25) is 33.8 Å². The maximum absolute atomic E-state index is 12.5. The fourth-order valence-corrected chi connectivity index (χ4v) is 5.42. The highest BCUT2D eigenvalue weighted by molar-refractivity contribution is 6.12. The summed E-state index contributed by atoms with van der Waals surface area (Å²) < 4.78 is 5.22. The zero-order valence-electron chi connectivity index (χ0n) is 21.5. The van der Waals surface area contributed by atoms with E-state index >= 15 is 0 Å². The van der Waals surface area contributed by atoms with Crippen LogP contribution in [0.3, 0.4) is 0 Å². The highest BCUT2D eigenvalue weighted by atomic mass is 16.6. The third kappa shape index (κ3) is 10.1. The topological polar surface area (TPSA) is 148 Å². The molecule has 2 heterocycles. The van der Waals surface area contributed by atoms with Gasteiger partial charge in [-0.25, -0.2) is 0 Å². The fourth-order valence-electron chi connectivity index (χ4n) is 5.42. The summed E-state index contributed by atoms with van der Waals surface area (Å²) in [5.74, 6) is -2.77. The van der Waals surface area contributed by atoms with Gasteiger partial charge in [0.1, 0.15) is 0 Å². The van der Waals surface area contributed by atoms with Crippen LogP contribution in [0.5, 0.6) is 0 Å². The Balaban J connectivity index is 1.69. The first kappa shape index (κ1) is 29.2. The number of aliphatic carboxylic acids is 2. The molecule has 2 saturated heterocycles. The van der Waals surface area contributed by atoms with Crippen molar-refractivity contribution in [1.29, 1.82) is 0 Å². The minimum atomic E-state index is -1.25. The molecule has 12 heteroatoms. The molecule has 12 nitrogen and oxygen atoms in total. The van der Waals surface area contributed by atoms with E-state index in [1.54, 1.807) is 0 Å². The van der Waals surface area contributed by atoms with Crippen molar-refractivity contribution in [2.24, 2.45) is 5.92 Å². The quantitative estimate of drug-likeness (QED) is 0.309. The number of rotatable bonds is 8. The molecular formula is C25H40N4O8. The van der Waals surface area contributed by atoms with Gasteiger partial charge in [0.05, 0.1) is 13.1 Å². The number of ketones is 2. The van der Waals surface area contributed by atoms with Crippen LogP contribution in [0, 0.1) is 5.92 Å². The van der Waals surface area contributed by atoms with E-state index < -0.39 is 24.0 Å². The van der Waals surface area contributed by atoms with Gasteiger partial charge in [0.25, 0.3) is 0 Å². The van der Waals surface area contributed by atoms with Crippen molar-refractivity contribution in [1.82, 2.24) is 19.6 Å². The minimum absolute atomic E-state index is 0.00585. The average molecular weight is 525 g/mol. The van der Waals surface area contributed by atoms with E-state index in [9.17, 15) is 34.2 Å². The number of nitrogens with zero attached hydrogens (tertiary/aromatic N) is 4. The molecule has 1 saturated carbocycles. The number of carbonyl (C=O) groups excluding carboxylic acids is 3. The molecule has 2 aliphatic heterocycles. The Labute approximate surface area is 217 Å². The predicted octanol–water partition coefficient (Wildman–Crippen LogP) is -0.589. The molecule has 2 unspecified atom stereocenters. The van der Waals surface area contributed by atoms with Crippen molar-refractivity contribution < 1.29 is 38.9 Å². The van der Waals surface area contributed by atoms with E-state index in [-0.39, 0.29) is 49.8 Å². The summed E-state index contributed by atoms with van der Waals surface area (Å²) >= 11 is 0. The molecule has 3 aliphatic rings. The van der Waals surface area contributed by atoms with E-state index in [2.05, 4.69) is 9.80 Å². The zero-order chi connectivity index (χ0) is 26.8. The van der Waals surface area contributed by atoms with Crippen LogP contribution in [0.25, 0.3) is 0 Å². The summed E-state index contributed by atoms with van der Waals surface area (Å²) in [4.78, 5) is 67.4. The van der Waals surface area contributed by atoms with Crippen LogP contribution in [0.4, 0.5) is 0 Å². The summed E-state index contributed by atoms with van der Waals surface area (Å²) in [5, 5.41) is 18.6. The molecule has 3 rings (SSSR count). The van der Waals surface area contributed by atoms with Crippen molar-refractivity contribution >= 4 is 29.5 Å². The Morgan fingerprint density at radius 2 is 1.22 bits per heavy atom. The van der Waals surface area contributed by atoms with Crippen LogP contribution < -0.4 is 0 Å². The molecule has 1 aliphatic carbocycles. The first-order chi connectivity index (χ1) is 17.7. The molecule has 0 spiro atoms. The molecule has 2 bridgehead atoms. The Kier molecular flexibility index (Phi) is 11.4. The summed E-state index contributed by atoms with van der Waals surface area (Å²) in [6.07, 6.45) is 1.22. The number of ether oxygens (including phenoxy) is 1.